The van der Waals surface area contributed by atoms with Crippen LogP contribution in [0.3, 0.4) is 0 Å². The van der Waals surface area contributed by atoms with E-state index in [2.05, 4.69) is 15.4 Å². The summed E-state index contributed by atoms with van der Waals surface area (Å²) < 4.78 is 38.7. The van der Waals surface area contributed by atoms with E-state index in [9.17, 15) is 8.78 Å². The zero-order valence-electron chi connectivity index (χ0n) is 26.2. The van der Waals surface area contributed by atoms with Gasteiger partial charge >= 0.3 is 51.4 Å². The Hall–Kier alpha value is -2.01. The molecule has 5 rings (SSSR count). The first-order valence-electron chi connectivity index (χ1n) is 14.5. The van der Waals surface area contributed by atoms with Crippen molar-refractivity contribution < 1.29 is 74.5 Å². The summed E-state index contributed by atoms with van der Waals surface area (Å²) in [5.41, 5.74) is 9.23. The summed E-state index contributed by atoms with van der Waals surface area (Å²) in [6, 6.07) is 11.7. The number of hydrogen-bond donors (Lipinski definition) is 1. The minimum absolute atomic E-state index is 0. The largest absolute Gasteiger partial charge is 1.00 e. The molecule has 0 bridgehead atoms. The third-order valence-electron chi connectivity index (χ3n) is 7.17. The van der Waals surface area contributed by atoms with Crippen LogP contribution in [0.15, 0.2) is 48.7 Å². The maximum Gasteiger partial charge on any atom is 1.00 e. The molecule has 42 heavy (non-hydrogen) atoms. The predicted octanol–water partition coefficient (Wildman–Crippen LogP) is 6.80. The Morgan fingerprint density at radius 1 is 0.905 bits per heavy atom. The van der Waals surface area contributed by atoms with Crippen LogP contribution in [0.5, 0.6) is 11.5 Å². The fourth-order valence-corrected chi connectivity index (χ4v) is 5.33. The molecule has 0 unspecified atom stereocenters. The van der Waals surface area contributed by atoms with E-state index in [1.54, 1.807) is 18.2 Å². The molecule has 9 heteroatoms. The van der Waals surface area contributed by atoms with Crippen molar-refractivity contribution in [2.45, 2.75) is 66.2 Å². The monoisotopic (exact) mass is 605 g/mol. The number of H-pyrrole nitrogens is 1. The van der Waals surface area contributed by atoms with Crippen molar-refractivity contribution in [2.75, 3.05) is 20.8 Å². The molecule has 0 saturated heterocycles. The van der Waals surface area contributed by atoms with Crippen LogP contribution < -0.4 is 60.9 Å². The maximum absolute atomic E-state index is 14.2. The molecule has 0 spiro atoms. The third-order valence-corrected chi connectivity index (χ3v) is 7.17. The second-order valence-corrected chi connectivity index (χ2v) is 9.54. The average molecular weight is 606 g/mol. The third kappa shape index (κ3) is 8.54. The van der Waals surface area contributed by atoms with E-state index < -0.39 is 5.82 Å². The fraction of sp³-hybridized carbons (Fsp3) is 0.424. The smallest absolute Gasteiger partial charge is 0.560 e. The number of aromatic nitrogens is 2. The van der Waals surface area contributed by atoms with Gasteiger partial charge in [0.05, 0.1) is 19.7 Å². The Morgan fingerprint density at radius 2 is 1.60 bits per heavy atom. The number of ether oxygens (including phenoxy) is 2. The van der Waals surface area contributed by atoms with Crippen molar-refractivity contribution in [2.24, 2.45) is 5.92 Å². The number of hydrogen-bond acceptors (Lipinski definition) is 4. The van der Waals surface area contributed by atoms with Crippen LogP contribution in [-0.4, -0.2) is 30.8 Å². The zero-order valence-corrected chi connectivity index (χ0v) is 29.3. The minimum atomic E-state index is -0.499. The fourth-order valence-electron chi connectivity index (χ4n) is 5.33. The van der Waals surface area contributed by atoms with Gasteiger partial charge in [-0.25, -0.2) is 8.78 Å². The van der Waals surface area contributed by atoms with Crippen molar-refractivity contribution in [1.29, 1.82) is 0 Å². The van der Waals surface area contributed by atoms with E-state index in [1.807, 2.05) is 52.9 Å². The van der Waals surface area contributed by atoms with Gasteiger partial charge < -0.3 is 24.8 Å². The Labute approximate surface area is 291 Å². The predicted molar refractivity (Wildman–Crippen MR) is 162 cm³/mol. The Morgan fingerprint density at radius 3 is 2.26 bits per heavy atom. The quantitative estimate of drug-likeness (QED) is 0.177. The number of pyridine rings is 1. The van der Waals surface area contributed by atoms with Gasteiger partial charge in [0.25, 0.3) is 0 Å². The topological polar surface area (TPSA) is 70.5 Å². The van der Waals surface area contributed by atoms with Gasteiger partial charge in [-0.1, -0.05) is 39.4 Å². The van der Waals surface area contributed by atoms with Gasteiger partial charge in [-0.3, -0.25) is 4.98 Å². The molecule has 222 valence electrons. The first-order valence-corrected chi connectivity index (χ1v) is 14.5. The van der Waals surface area contributed by atoms with Gasteiger partial charge in [0.15, 0.2) is 17.3 Å². The summed E-state index contributed by atoms with van der Waals surface area (Å²) in [5, 5.41) is 0.903. The van der Waals surface area contributed by atoms with Crippen molar-refractivity contribution in [1.82, 2.24) is 9.97 Å². The molecule has 0 atom stereocenters. The molecular weight excluding hydrogens is 563 g/mol. The molecule has 1 saturated carbocycles. The normalized spacial score (nSPS) is 15.8. The molecule has 0 radical (unpaired) electrons. The van der Waals surface area contributed by atoms with E-state index >= 15 is 0 Å². The number of fused-ring (bicyclic) bond motifs is 1. The summed E-state index contributed by atoms with van der Waals surface area (Å²) in [7, 11) is 2.88. The molecule has 0 aliphatic heterocycles. The molecule has 1 N–H and O–H groups in total. The van der Waals surface area contributed by atoms with Crippen LogP contribution in [0.1, 0.15) is 70.6 Å². The second kappa shape index (κ2) is 17.9. The van der Waals surface area contributed by atoms with E-state index in [0.29, 0.717) is 41.1 Å². The van der Waals surface area contributed by atoms with Crippen LogP contribution in [0.25, 0.3) is 27.6 Å². The Kier molecular flexibility index (Phi) is 15.5. The maximum atomic E-state index is 14.2. The minimum Gasteiger partial charge on any atom is -0.560 e. The molecular formula is C33H42F2KN3O3. The van der Waals surface area contributed by atoms with E-state index in [4.69, 9.17) is 14.3 Å². The van der Waals surface area contributed by atoms with Crippen molar-refractivity contribution in [3.63, 3.8) is 0 Å². The van der Waals surface area contributed by atoms with Gasteiger partial charge in [0.1, 0.15) is 5.82 Å². The van der Waals surface area contributed by atoms with Crippen LogP contribution in [0, 0.1) is 24.5 Å². The van der Waals surface area contributed by atoms with Crippen LogP contribution in [-0.2, 0) is 4.84 Å². The van der Waals surface area contributed by atoms with Crippen LogP contribution in [0.2, 0.25) is 0 Å². The van der Waals surface area contributed by atoms with E-state index in [0.717, 1.165) is 42.3 Å². The molecule has 2 aromatic heterocycles. The SMILES string of the molecule is CC.CC.COc1c(F)ccc(-c2[nH]c(C)cc2[N-]OCC2CCC(c3ccnc4ccc(F)cc34)CC2)c1OC.[K+]. The first-order chi connectivity index (χ1) is 20.0. The van der Waals surface area contributed by atoms with E-state index in [-0.39, 0.29) is 63.0 Å². The molecule has 1 aliphatic carbocycles. The van der Waals surface area contributed by atoms with Gasteiger partial charge in [0, 0.05) is 35.1 Å². The Balaban J connectivity index is 0.00000118. The number of methoxy groups -OCH3 is 2. The van der Waals surface area contributed by atoms with Crippen molar-refractivity contribution in [3.8, 4) is 22.8 Å². The second-order valence-electron chi connectivity index (χ2n) is 9.54. The summed E-state index contributed by atoms with van der Waals surface area (Å²) in [6.07, 6.45) is 5.82. The molecule has 4 aromatic rings. The number of aromatic amines is 1. The van der Waals surface area contributed by atoms with Gasteiger partial charge in [-0.15, -0.1) is 0 Å². The summed E-state index contributed by atoms with van der Waals surface area (Å²) >= 11 is 0. The summed E-state index contributed by atoms with van der Waals surface area (Å²) in [4.78, 5) is 13.5. The number of aryl methyl sites for hydroxylation is 1. The molecule has 6 nitrogen and oxygen atoms in total. The molecule has 2 heterocycles. The number of nitrogens with one attached hydrogen (secondary N) is 1. The number of nitrogens with zero attached hydrogens (tertiary/aromatic N) is 2. The molecule has 1 fully saturated rings. The molecule has 1 aliphatic rings. The van der Waals surface area contributed by atoms with E-state index in [1.165, 1.54) is 31.9 Å². The zero-order chi connectivity index (χ0) is 29.9. The number of rotatable bonds is 8. The summed E-state index contributed by atoms with van der Waals surface area (Å²) in [5.74, 6) is 0.362. The number of halogens is 2. The van der Waals surface area contributed by atoms with Crippen LogP contribution >= 0.6 is 0 Å². The van der Waals surface area contributed by atoms with Gasteiger partial charge in [-0.05, 0) is 86.4 Å². The molecule has 2 aromatic carbocycles. The summed E-state index contributed by atoms with van der Waals surface area (Å²) in [6.45, 7) is 10.4. The van der Waals surface area contributed by atoms with Crippen LogP contribution in [0.4, 0.5) is 14.5 Å². The van der Waals surface area contributed by atoms with Crippen molar-refractivity contribution >= 4 is 16.6 Å². The first kappa shape index (κ1) is 36.2. The Bertz CT molecular complexity index is 1410. The average Bonchev–Trinajstić information content (AvgIpc) is 3.38. The number of benzene rings is 2. The standard InChI is InChI=1S/C29H30F2N3O3.2C2H6.K/c1-17-14-26(27(33-17)22-9-10-24(31)29(36-3)28(22)35-2)34-37-16-18-4-6-19(7-5-18)21-12-13-32-25-11-8-20(30)15-23(21)25;2*1-2;/h8-15,18-19,33H,4-7,16H2,1-3H3;2*1-2H3;/q-1;;;+1. The molecule has 0 amide bonds. The van der Waals surface area contributed by atoms with Gasteiger partial charge in [0.2, 0.25) is 0 Å². The van der Waals surface area contributed by atoms with Crippen molar-refractivity contribution in [3.05, 3.63) is 77.0 Å². The van der Waals surface area contributed by atoms with Gasteiger partial charge in [-0.2, -0.15) is 0 Å².